The second kappa shape index (κ2) is 6.28. The molecule has 0 bridgehead atoms. The van der Waals surface area contributed by atoms with E-state index in [4.69, 9.17) is 0 Å². The van der Waals surface area contributed by atoms with Crippen LogP contribution in [0.4, 0.5) is 4.39 Å². The molecule has 1 aromatic carbocycles. The molecule has 1 N–H and O–H groups in total. The Labute approximate surface area is 117 Å². The number of aliphatic carboxylic acids is 1. The molecule has 3 nitrogen and oxygen atoms in total. The third-order valence-electron chi connectivity index (χ3n) is 3.15. The predicted molar refractivity (Wildman–Crippen MR) is 73.9 cm³/mol. The van der Waals surface area contributed by atoms with Crippen molar-refractivity contribution in [2.24, 2.45) is 5.92 Å². The van der Waals surface area contributed by atoms with Gasteiger partial charge in [0, 0.05) is 17.8 Å². The Balaban J connectivity index is 2.11. The van der Waals surface area contributed by atoms with Crippen molar-refractivity contribution in [3.05, 3.63) is 65.2 Å². The van der Waals surface area contributed by atoms with Crippen molar-refractivity contribution in [3.8, 4) is 0 Å². The fraction of sp³-hybridized carbons (Fsp3) is 0.250. The summed E-state index contributed by atoms with van der Waals surface area (Å²) in [5.41, 5.74) is 2.44. The third-order valence-corrected chi connectivity index (χ3v) is 3.15. The van der Waals surface area contributed by atoms with Gasteiger partial charge in [0.15, 0.2) is 0 Å². The summed E-state index contributed by atoms with van der Waals surface area (Å²) in [4.78, 5) is 15.7. The molecule has 0 fully saturated rings. The standard InChI is InChI=1S/C16H16FNO2/c1-11-3-2-4-15(18-11)10-13(16(19)20)9-12-5-7-14(17)8-6-12/h2-8,13H,9-10H2,1H3,(H,19,20). The largest absolute Gasteiger partial charge is 0.481 e. The molecule has 0 saturated carbocycles. The number of nitrogens with zero attached hydrogens (tertiary/aromatic N) is 1. The average molecular weight is 273 g/mol. The zero-order valence-corrected chi connectivity index (χ0v) is 11.2. The number of pyridine rings is 1. The van der Waals surface area contributed by atoms with Gasteiger partial charge in [-0.05, 0) is 43.2 Å². The van der Waals surface area contributed by atoms with E-state index < -0.39 is 11.9 Å². The molecule has 2 rings (SSSR count). The number of halogens is 1. The number of hydrogen-bond acceptors (Lipinski definition) is 2. The number of carbonyl (C=O) groups is 1. The lowest BCUT2D eigenvalue weighted by Gasteiger charge is -2.12. The first-order valence-electron chi connectivity index (χ1n) is 6.44. The SMILES string of the molecule is Cc1cccc(CC(Cc2ccc(F)cc2)C(=O)O)n1. The lowest BCUT2D eigenvalue weighted by atomic mass is 9.94. The molecule has 0 radical (unpaired) electrons. The molecule has 1 heterocycles. The number of carboxylic acid groups (broad SMARTS) is 1. The monoisotopic (exact) mass is 273 g/mol. The van der Waals surface area contributed by atoms with Crippen LogP contribution >= 0.6 is 0 Å². The van der Waals surface area contributed by atoms with E-state index in [1.165, 1.54) is 12.1 Å². The normalized spacial score (nSPS) is 12.1. The van der Waals surface area contributed by atoms with Crippen molar-refractivity contribution in [2.75, 3.05) is 0 Å². The summed E-state index contributed by atoms with van der Waals surface area (Å²) in [6.45, 7) is 1.87. The maximum absolute atomic E-state index is 12.8. The van der Waals surface area contributed by atoms with Gasteiger partial charge in [-0.25, -0.2) is 4.39 Å². The first-order chi connectivity index (χ1) is 9.54. The Morgan fingerprint density at radius 2 is 1.90 bits per heavy atom. The fourth-order valence-corrected chi connectivity index (χ4v) is 2.12. The van der Waals surface area contributed by atoms with E-state index in [2.05, 4.69) is 4.98 Å². The number of hydrogen-bond donors (Lipinski definition) is 1. The van der Waals surface area contributed by atoms with Crippen LogP contribution in [-0.2, 0) is 17.6 Å². The maximum atomic E-state index is 12.8. The van der Waals surface area contributed by atoms with Crippen LogP contribution in [0.15, 0.2) is 42.5 Å². The molecule has 0 aliphatic rings. The van der Waals surface area contributed by atoms with Crippen LogP contribution in [0.5, 0.6) is 0 Å². The third kappa shape index (κ3) is 3.88. The summed E-state index contributed by atoms with van der Waals surface area (Å²) in [6, 6.07) is 11.5. The van der Waals surface area contributed by atoms with E-state index in [9.17, 15) is 14.3 Å². The molecule has 0 aliphatic heterocycles. The average Bonchev–Trinajstić information content (AvgIpc) is 2.40. The van der Waals surface area contributed by atoms with Crippen molar-refractivity contribution in [1.29, 1.82) is 0 Å². The topological polar surface area (TPSA) is 50.2 Å². The fourth-order valence-electron chi connectivity index (χ4n) is 2.12. The quantitative estimate of drug-likeness (QED) is 0.911. The van der Waals surface area contributed by atoms with Crippen LogP contribution in [0.1, 0.15) is 17.0 Å². The lowest BCUT2D eigenvalue weighted by molar-refractivity contribution is -0.141. The van der Waals surface area contributed by atoms with Crippen LogP contribution in [0.3, 0.4) is 0 Å². The summed E-state index contributed by atoms with van der Waals surface area (Å²) in [5, 5.41) is 9.32. The number of aromatic nitrogens is 1. The Kier molecular flexibility index (Phi) is 4.45. The van der Waals surface area contributed by atoms with Crippen LogP contribution in [0, 0.1) is 18.7 Å². The zero-order valence-electron chi connectivity index (χ0n) is 11.2. The van der Waals surface area contributed by atoms with Gasteiger partial charge in [-0.3, -0.25) is 9.78 Å². The number of benzene rings is 1. The summed E-state index contributed by atoms with van der Waals surface area (Å²) in [7, 11) is 0. The van der Waals surface area contributed by atoms with Crippen molar-refractivity contribution >= 4 is 5.97 Å². The molecule has 20 heavy (non-hydrogen) atoms. The Bertz CT molecular complexity index is 596. The zero-order chi connectivity index (χ0) is 14.5. The first kappa shape index (κ1) is 14.2. The van der Waals surface area contributed by atoms with Crippen molar-refractivity contribution in [3.63, 3.8) is 0 Å². The van der Waals surface area contributed by atoms with Crippen LogP contribution in [0.25, 0.3) is 0 Å². The Morgan fingerprint density at radius 1 is 1.20 bits per heavy atom. The van der Waals surface area contributed by atoms with Gasteiger partial charge in [0.25, 0.3) is 0 Å². The maximum Gasteiger partial charge on any atom is 0.307 e. The molecular formula is C16H16FNO2. The molecule has 0 amide bonds. The van der Waals surface area contributed by atoms with E-state index >= 15 is 0 Å². The summed E-state index contributed by atoms with van der Waals surface area (Å²) in [5.74, 6) is -1.74. The van der Waals surface area contributed by atoms with Crippen molar-refractivity contribution in [2.45, 2.75) is 19.8 Å². The minimum Gasteiger partial charge on any atom is -0.481 e. The van der Waals surface area contributed by atoms with E-state index in [1.54, 1.807) is 12.1 Å². The molecule has 4 heteroatoms. The molecule has 104 valence electrons. The van der Waals surface area contributed by atoms with E-state index in [1.807, 2.05) is 25.1 Å². The predicted octanol–water partition coefficient (Wildman–Crippen LogP) is 3.02. The minimum atomic E-state index is -0.863. The van der Waals surface area contributed by atoms with Gasteiger partial charge < -0.3 is 5.11 Å². The van der Waals surface area contributed by atoms with Crippen LogP contribution < -0.4 is 0 Å². The van der Waals surface area contributed by atoms with Crippen LogP contribution in [0.2, 0.25) is 0 Å². The molecule has 0 saturated heterocycles. The Hall–Kier alpha value is -2.23. The molecule has 0 spiro atoms. The summed E-state index contributed by atoms with van der Waals surface area (Å²) >= 11 is 0. The molecule has 2 aromatic rings. The van der Waals surface area contributed by atoms with Gasteiger partial charge in [0.2, 0.25) is 0 Å². The highest BCUT2D eigenvalue weighted by Gasteiger charge is 2.19. The molecule has 1 unspecified atom stereocenters. The second-order valence-corrected chi connectivity index (χ2v) is 4.84. The highest BCUT2D eigenvalue weighted by molar-refractivity contribution is 5.70. The highest BCUT2D eigenvalue weighted by atomic mass is 19.1. The van der Waals surface area contributed by atoms with E-state index in [-0.39, 0.29) is 5.82 Å². The first-order valence-corrected chi connectivity index (χ1v) is 6.44. The van der Waals surface area contributed by atoms with Gasteiger partial charge in [-0.15, -0.1) is 0 Å². The summed E-state index contributed by atoms with van der Waals surface area (Å²) < 4.78 is 12.8. The summed E-state index contributed by atoms with van der Waals surface area (Å²) in [6.07, 6.45) is 0.736. The van der Waals surface area contributed by atoms with Gasteiger partial charge >= 0.3 is 5.97 Å². The van der Waals surface area contributed by atoms with Crippen LogP contribution in [-0.4, -0.2) is 16.1 Å². The number of rotatable bonds is 5. The minimum absolute atomic E-state index is 0.319. The Morgan fingerprint density at radius 3 is 2.50 bits per heavy atom. The molecule has 1 atom stereocenters. The number of aryl methyl sites for hydroxylation is 1. The second-order valence-electron chi connectivity index (χ2n) is 4.84. The molecule has 0 aliphatic carbocycles. The van der Waals surface area contributed by atoms with E-state index in [0.29, 0.717) is 12.8 Å². The van der Waals surface area contributed by atoms with Crippen molar-refractivity contribution < 1.29 is 14.3 Å². The molecule has 1 aromatic heterocycles. The van der Waals surface area contributed by atoms with Crippen molar-refractivity contribution in [1.82, 2.24) is 4.98 Å². The van der Waals surface area contributed by atoms with E-state index in [0.717, 1.165) is 17.0 Å². The van der Waals surface area contributed by atoms with Gasteiger partial charge in [-0.2, -0.15) is 0 Å². The van der Waals surface area contributed by atoms with Gasteiger partial charge in [0.05, 0.1) is 5.92 Å². The van der Waals surface area contributed by atoms with Gasteiger partial charge in [-0.1, -0.05) is 18.2 Å². The van der Waals surface area contributed by atoms with Gasteiger partial charge in [0.1, 0.15) is 5.82 Å². The number of carboxylic acids is 1. The molecular weight excluding hydrogens is 257 g/mol. The highest BCUT2D eigenvalue weighted by Crippen LogP contribution is 2.15. The lowest BCUT2D eigenvalue weighted by Crippen LogP contribution is -2.19. The smallest absolute Gasteiger partial charge is 0.307 e.